The molecule has 0 aromatic heterocycles. The van der Waals surface area contributed by atoms with Crippen LogP contribution in [0.2, 0.25) is 5.02 Å². The molecule has 6 heteroatoms. The molecule has 2 aromatic carbocycles. The van der Waals surface area contributed by atoms with E-state index in [1.807, 2.05) is 0 Å². The Hall–Kier alpha value is -1.56. The highest BCUT2D eigenvalue weighted by molar-refractivity contribution is 7.88. The molecule has 21 heavy (non-hydrogen) atoms. The second kappa shape index (κ2) is 6.93. The number of nitrogens with one attached hydrogen (secondary N) is 1. The van der Waals surface area contributed by atoms with Gasteiger partial charge in [-0.25, -0.2) is 13.1 Å². The van der Waals surface area contributed by atoms with E-state index in [2.05, 4.69) is 4.72 Å². The van der Waals surface area contributed by atoms with E-state index in [9.17, 15) is 13.5 Å². The van der Waals surface area contributed by atoms with Crippen molar-refractivity contribution in [2.45, 2.75) is 12.2 Å². The second-order valence-electron chi connectivity index (χ2n) is 4.62. The molecule has 2 aromatic rings. The molecule has 0 saturated carbocycles. The highest BCUT2D eigenvalue weighted by atomic mass is 35.5. The van der Waals surface area contributed by atoms with Crippen LogP contribution in [0.25, 0.3) is 0 Å². The summed E-state index contributed by atoms with van der Waals surface area (Å²) in [6.45, 7) is 0.227. The highest BCUT2D eigenvalue weighted by Gasteiger charge is 2.13. The highest BCUT2D eigenvalue weighted by Crippen LogP contribution is 2.18. The van der Waals surface area contributed by atoms with Crippen LogP contribution in [0.4, 0.5) is 0 Å². The van der Waals surface area contributed by atoms with E-state index >= 15 is 0 Å². The topological polar surface area (TPSA) is 66.4 Å². The van der Waals surface area contributed by atoms with Gasteiger partial charge in [0.05, 0.1) is 5.75 Å². The Morgan fingerprint density at radius 3 is 2.29 bits per heavy atom. The summed E-state index contributed by atoms with van der Waals surface area (Å²) in [6, 6.07) is 13.7. The molecule has 0 amide bonds. The molecule has 0 aliphatic heterocycles. The Morgan fingerprint density at radius 1 is 1.00 bits per heavy atom. The predicted molar refractivity (Wildman–Crippen MR) is 83.9 cm³/mol. The predicted octanol–water partition coefficient (Wildman–Crippen LogP) is 2.71. The first-order chi connectivity index (χ1) is 9.98. The average Bonchev–Trinajstić information content (AvgIpc) is 2.43. The zero-order valence-corrected chi connectivity index (χ0v) is 12.9. The normalized spacial score (nSPS) is 11.5. The summed E-state index contributed by atoms with van der Waals surface area (Å²) in [6.07, 6.45) is 0.425. The van der Waals surface area contributed by atoms with Gasteiger partial charge in [-0.2, -0.15) is 0 Å². The maximum Gasteiger partial charge on any atom is 0.215 e. The molecular formula is C15H16ClNO3S. The molecule has 112 valence electrons. The molecule has 2 N–H and O–H groups in total. The number of aromatic hydroxyl groups is 1. The van der Waals surface area contributed by atoms with Gasteiger partial charge in [-0.15, -0.1) is 0 Å². The van der Waals surface area contributed by atoms with Crippen LogP contribution >= 0.6 is 11.6 Å². The Balaban J connectivity index is 1.93. The summed E-state index contributed by atoms with van der Waals surface area (Å²) in [5.74, 6) is 0.00998. The van der Waals surface area contributed by atoms with Crippen LogP contribution in [0.1, 0.15) is 11.1 Å². The van der Waals surface area contributed by atoms with Crippen molar-refractivity contribution in [3.8, 4) is 5.75 Å². The lowest BCUT2D eigenvalue weighted by atomic mass is 10.1. The van der Waals surface area contributed by atoms with Gasteiger partial charge >= 0.3 is 0 Å². The number of benzene rings is 2. The van der Waals surface area contributed by atoms with E-state index in [4.69, 9.17) is 11.6 Å². The number of halogens is 1. The van der Waals surface area contributed by atoms with Crippen molar-refractivity contribution in [3.05, 3.63) is 64.7 Å². The number of rotatable bonds is 6. The number of phenolic OH excluding ortho intramolecular Hbond substituents is 1. The van der Waals surface area contributed by atoms with E-state index in [0.717, 1.165) is 0 Å². The molecule has 0 aliphatic carbocycles. The van der Waals surface area contributed by atoms with Gasteiger partial charge in [-0.05, 0) is 29.7 Å². The standard InChI is InChI=1S/C15H16ClNO3S/c16-14-7-3-1-6-13(14)11-21(19,20)17-10-9-12-5-2-4-8-15(12)18/h1-8,17-18H,9-11H2. The molecule has 0 spiro atoms. The summed E-state index contributed by atoms with van der Waals surface area (Å²) in [5, 5.41) is 10.1. The number of hydrogen-bond acceptors (Lipinski definition) is 3. The molecular weight excluding hydrogens is 310 g/mol. The first kappa shape index (κ1) is 15.8. The van der Waals surface area contributed by atoms with E-state index in [0.29, 0.717) is 22.6 Å². The molecule has 0 saturated heterocycles. The lowest BCUT2D eigenvalue weighted by molar-refractivity contribution is 0.467. The fourth-order valence-electron chi connectivity index (χ4n) is 1.93. The largest absolute Gasteiger partial charge is 0.508 e. The fourth-order valence-corrected chi connectivity index (χ4v) is 3.39. The van der Waals surface area contributed by atoms with Crippen LogP contribution in [-0.4, -0.2) is 20.1 Å². The van der Waals surface area contributed by atoms with Gasteiger partial charge in [0.2, 0.25) is 10.0 Å². The summed E-state index contributed by atoms with van der Waals surface area (Å²) in [4.78, 5) is 0. The first-order valence-electron chi connectivity index (χ1n) is 6.45. The van der Waals surface area contributed by atoms with Crippen molar-refractivity contribution in [1.29, 1.82) is 0 Å². The van der Waals surface area contributed by atoms with Crippen LogP contribution in [0.5, 0.6) is 5.75 Å². The van der Waals surface area contributed by atoms with E-state index in [1.165, 1.54) is 0 Å². The van der Waals surface area contributed by atoms with Crippen LogP contribution < -0.4 is 4.72 Å². The molecule has 0 unspecified atom stereocenters. The van der Waals surface area contributed by atoms with Crippen molar-refractivity contribution < 1.29 is 13.5 Å². The third-order valence-corrected chi connectivity index (χ3v) is 4.72. The van der Waals surface area contributed by atoms with Gasteiger partial charge in [0.1, 0.15) is 5.75 Å². The van der Waals surface area contributed by atoms with E-state index < -0.39 is 10.0 Å². The van der Waals surface area contributed by atoms with Gasteiger partial charge < -0.3 is 5.11 Å². The minimum Gasteiger partial charge on any atom is -0.508 e. The average molecular weight is 326 g/mol. The molecule has 0 heterocycles. The zero-order valence-electron chi connectivity index (χ0n) is 11.3. The van der Waals surface area contributed by atoms with Gasteiger partial charge in [-0.1, -0.05) is 48.0 Å². The van der Waals surface area contributed by atoms with Crippen LogP contribution in [-0.2, 0) is 22.2 Å². The fraction of sp³-hybridized carbons (Fsp3) is 0.200. The lowest BCUT2D eigenvalue weighted by Gasteiger charge is -2.08. The molecule has 0 radical (unpaired) electrons. The summed E-state index contributed by atoms with van der Waals surface area (Å²) < 4.78 is 26.5. The van der Waals surface area contributed by atoms with Gasteiger partial charge in [0, 0.05) is 11.6 Å². The quantitative estimate of drug-likeness (QED) is 0.858. The van der Waals surface area contributed by atoms with Crippen molar-refractivity contribution in [1.82, 2.24) is 4.72 Å². The number of hydrogen-bond donors (Lipinski definition) is 2. The van der Waals surface area contributed by atoms with Crippen molar-refractivity contribution in [2.24, 2.45) is 0 Å². The Kier molecular flexibility index (Phi) is 5.22. The van der Waals surface area contributed by atoms with Gasteiger partial charge in [0.25, 0.3) is 0 Å². The molecule has 0 fully saturated rings. The molecule has 0 aliphatic rings. The maximum absolute atomic E-state index is 12.0. The van der Waals surface area contributed by atoms with Crippen molar-refractivity contribution in [2.75, 3.05) is 6.54 Å². The molecule has 0 atom stereocenters. The van der Waals surface area contributed by atoms with Gasteiger partial charge in [0.15, 0.2) is 0 Å². The number of sulfonamides is 1. The summed E-state index contributed by atoms with van der Waals surface area (Å²) >= 11 is 5.96. The van der Waals surface area contributed by atoms with Crippen molar-refractivity contribution >= 4 is 21.6 Å². The SMILES string of the molecule is O=S(=O)(Cc1ccccc1Cl)NCCc1ccccc1O. The number of phenols is 1. The zero-order chi connectivity index (χ0) is 15.3. The Labute approximate surface area is 129 Å². The molecule has 2 rings (SSSR count). The minimum absolute atomic E-state index is 0.159. The van der Waals surface area contributed by atoms with E-state index in [-0.39, 0.29) is 18.0 Å². The maximum atomic E-state index is 12.0. The lowest BCUT2D eigenvalue weighted by Crippen LogP contribution is -2.27. The molecule has 4 nitrogen and oxygen atoms in total. The molecule has 0 bridgehead atoms. The van der Waals surface area contributed by atoms with Crippen LogP contribution in [0.3, 0.4) is 0 Å². The monoisotopic (exact) mass is 325 g/mol. The Bertz CT molecular complexity index is 716. The van der Waals surface area contributed by atoms with Crippen LogP contribution in [0, 0.1) is 0 Å². The smallest absolute Gasteiger partial charge is 0.215 e. The first-order valence-corrected chi connectivity index (χ1v) is 8.48. The third kappa shape index (κ3) is 4.74. The Morgan fingerprint density at radius 2 is 1.62 bits per heavy atom. The second-order valence-corrected chi connectivity index (χ2v) is 6.84. The minimum atomic E-state index is -3.46. The summed E-state index contributed by atoms with van der Waals surface area (Å²) in [7, 11) is -3.46. The van der Waals surface area contributed by atoms with Crippen LogP contribution in [0.15, 0.2) is 48.5 Å². The third-order valence-electron chi connectivity index (χ3n) is 3.01. The number of para-hydroxylation sites is 1. The van der Waals surface area contributed by atoms with Gasteiger partial charge in [-0.3, -0.25) is 0 Å². The van der Waals surface area contributed by atoms with Crippen molar-refractivity contribution in [3.63, 3.8) is 0 Å². The van der Waals surface area contributed by atoms with E-state index in [1.54, 1.807) is 48.5 Å². The summed E-state index contributed by atoms with van der Waals surface area (Å²) in [5.41, 5.74) is 1.27.